The second-order valence-electron chi connectivity index (χ2n) is 5.00. The molecule has 126 valence electrons. The summed E-state index contributed by atoms with van der Waals surface area (Å²) in [4.78, 5) is 12.2. The first-order valence-electron chi connectivity index (χ1n) is 7.58. The molecule has 2 aromatic rings. The number of hydrogen-bond acceptors (Lipinski definition) is 4. The summed E-state index contributed by atoms with van der Waals surface area (Å²) in [6.45, 7) is 3.95. The van der Waals surface area contributed by atoms with Crippen molar-refractivity contribution in [3.63, 3.8) is 0 Å². The summed E-state index contributed by atoms with van der Waals surface area (Å²) in [5, 5.41) is 12.0. The molecule has 0 saturated carbocycles. The van der Waals surface area contributed by atoms with Crippen LogP contribution in [0.1, 0.15) is 5.56 Å². The molecule has 25 heavy (non-hydrogen) atoms. The van der Waals surface area contributed by atoms with E-state index >= 15 is 0 Å². The first kappa shape index (κ1) is 17.8. The molecule has 5 heteroatoms. The van der Waals surface area contributed by atoms with Gasteiger partial charge in [0.2, 0.25) is 0 Å². The van der Waals surface area contributed by atoms with E-state index in [9.17, 15) is 10.1 Å². The molecule has 0 unspecified atom stereocenters. The Labute approximate surface area is 146 Å². The number of methoxy groups -OCH3 is 1. The molecular formula is C20H18N2O3. The van der Waals surface area contributed by atoms with Gasteiger partial charge >= 0.3 is 0 Å². The minimum Gasteiger partial charge on any atom is -0.493 e. The van der Waals surface area contributed by atoms with Crippen LogP contribution in [0.4, 0.5) is 5.69 Å². The average Bonchev–Trinajstić information content (AvgIpc) is 2.65. The van der Waals surface area contributed by atoms with Gasteiger partial charge in [-0.15, -0.1) is 0 Å². The molecule has 2 aromatic carbocycles. The maximum Gasteiger partial charge on any atom is 0.266 e. The number of nitriles is 1. The third-order valence-corrected chi connectivity index (χ3v) is 3.25. The molecule has 0 fully saturated rings. The fourth-order valence-corrected chi connectivity index (χ4v) is 2.08. The van der Waals surface area contributed by atoms with Gasteiger partial charge in [-0.1, -0.05) is 36.9 Å². The number of nitrogens with one attached hydrogen (secondary N) is 1. The SMILES string of the molecule is C=CCOc1ccc(/C=C(\C#N)C(=O)Nc2ccccc2)cc1OC. The van der Waals surface area contributed by atoms with Gasteiger partial charge in [-0.25, -0.2) is 0 Å². The Morgan fingerprint density at radius 1 is 1.24 bits per heavy atom. The zero-order chi connectivity index (χ0) is 18.1. The predicted molar refractivity (Wildman–Crippen MR) is 97.3 cm³/mol. The van der Waals surface area contributed by atoms with Crippen molar-refractivity contribution < 1.29 is 14.3 Å². The summed E-state index contributed by atoms with van der Waals surface area (Å²) in [7, 11) is 1.52. The minimum absolute atomic E-state index is 0.00864. The predicted octanol–water partition coefficient (Wildman–Crippen LogP) is 3.81. The van der Waals surface area contributed by atoms with E-state index in [1.807, 2.05) is 12.1 Å². The van der Waals surface area contributed by atoms with Crippen LogP contribution in [-0.2, 0) is 4.79 Å². The molecule has 0 heterocycles. The van der Waals surface area contributed by atoms with E-state index in [0.717, 1.165) is 0 Å². The molecule has 2 rings (SSSR count). The third kappa shape index (κ3) is 4.98. The lowest BCUT2D eigenvalue weighted by Gasteiger charge is -2.10. The summed E-state index contributed by atoms with van der Waals surface area (Å²) >= 11 is 0. The van der Waals surface area contributed by atoms with Gasteiger partial charge in [0.1, 0.15) is 18.2 Å². The van der Waals surface area contributed by atoms with Crippen LogP contribution in [0.15, 0.2) is 66.8 Å². The lowest BCUT2D eigenvalue weighted by Crippen LogP contribution is -2.13. The van der Waals surface area contributed by atoms with Crippen LogP contribution in [0.25, 0.3) is 6.08 Å². The Bertz CT molecular complexity index is 821. The molecule has 5 nitrogen and oxygen atoms in total. The summed E-state index contributed by atoms with van der Waals surface area (Å²) in [5.41, 5.74) is 1.27. The van der Waals surface area contributed by atoms with Gasteiger partial charge in [0.25, 0.3) is 5.91 Å². The zero-order valence-electron chi connectivity index (χ0n) is 13.9. The highest BCUT2D eigenvalue weighted by molar-refractivity contribution is 6.09. The molecule has 0 aliphatic carbocycles. The number of carbonyl (C=O) groups excluding carboxylic acids is 1. The average molecular weight is 334 g/mol. The molecule has 0 aliphatic rings. The molecule has 1 N–H and O–H groups in total. The maximum atomic E-state index is 12.2. The van der Waals surface area contributed by atoms with E-state index in [2.05, 4.69) is 11.9 Å². The third-order valence-electron chi connectivity index (χ3n) is 3.25. The molecule has 0 atom stereocenters. The second kappa shape index (κ2) is 8.94. The van der Waals surface area contributed by atoms with Crippen LogP contribution in [0, 0.1) is 11.3 Å². The Morgan fingerprint density at radius 3 is 2.64 bits per heavy atom. The number of rotatable bonds is 7. The molecular weight excluding hydrogens is 316 g/mol. The van der Waals surface area contributed by atoms with Crippen LogP contribution >= 0.6 is 0 Å². The van der Waals surface area contributed by atoms with Crippen molar-refractivity contribution in [2.24, 2.45) is 0 Å². The van der Waals surface area contributed by atoms with Crippen molar-refractivity contribution in [2.45, 2.75) is 0 Å². The largest absolute Gasteiger partial charge is 0.493 e. The number of nitrogens with zero attached hydrogens (tertiary/aromatic N) is 1. The highest BCUT2D eigenvalue weighted by Crippen LogP contribution is 2.29. The van der Waals surface area contributed by atoms with Gasteiger partial charge in [0, 0.05) is 5.69 Å². The van der Waals surface area contributed by atoms with Gasteiger partial charge in [0.05, 0.1) is 7.11 Å². The fourth-order valence-electron chi connectivity index (χ4n) is 2.08. The van der Waals surface area contributed by atoms with E-state index < -0.39 is 5.91 Å². The van der Waals surface area contributed by atoms with Crippen LogP contribution in [0.3, 0.4) is 0 Å². The molecule has 0 aliphatic heterocycles. The normalized spacial score (nSPS) is 10.5. The number of amides is 1. The molecule has 0 saturated heterocycles. The van der Waals surface area contributed by atoms with E-state index in [-0.39, 0.29) is 5.57 Å². The van der Waals surface area contributed by atoms with Gasteiger partial charge in [-0.2, -0.15) is 5.26 Å². The highest BCUT2D eigenvalue weighted by atomic mass is 16.5. The standard InChI is InChI=1S/C20H18N2O3/c1-3-11-25-18-10-9-15(13-19(18)24-2)12-16(14-21)20(23)22-17-7-5-4-6-8-17/h3-10,12-13H,1,11H2,2H3,(H,22,23)/b16-12+. The van der Waals surface area contributed by atoms with E-state index in [1.54, 1.807) is 48.5 Å². The smallest absolute Gasteiger partial charge is 0.266 e. The van der Waals surface area contributed by atoms with Crippen molar-refractivity contribution in [1.82, 2.24) is 0 Å². The Kier molecular flexibility index (Phi) is 6.38. The van der Waals surface area contributed by atoms with Crippen molar-refractivity contribution in [1.29, 1.82) is 5.26 Å². The minimum atomic E-state index is -0.473. The first-order valence-corrected chi connectivity index (χ1v) is 7.58. The first-order chi connectivity index (χ1) is 12.2. The number of para-hydroxylation sites is 1. The van der Waals surface area contributed by atoms with Crippen molar-refractivity contribution in [3.8, 4) is 17.6 Å². The number of anilines is 1. The Hall–Kier alpha value is -3.52. The van der Waals surface area contributed by atoms with E-state index in [0.29, 0.717) is 29.4 Å². The summed E-state index contributed by atoms with van der Waals surface area (Å²) in [5.74, 6) is 0.600. The van der Waals surface area contributed by atoms with Crippen LogP contribution in [-0.4, -0.2) is 19.6 Å². The van der Waals surface area contributed by atoms with Crippen molar-refractivity contribution in [2.75, 3.05) is 19.0 Å². The second-order valence-corrected chi connectivity index (χ2v) is 5.00. The molecule has 0 radical (unpaired) electrons. The number of benzene rings is 2. The highest BCUT2D eigenvalue weighted by Gasteiger charge is 2.11. The van der Waals surface area contributed by atoms with E-state index in [1.165, 1.54) is 13.2 Å². The fraction of sp³-hybridized carbons (Fsp3) is 0.100. The van der Waals surface area contributed by atoms with Gasteiger partial charge in [-0.3, -0.25) is 4.79 Å². The Morgan fingerprint density at radius 2 is 2.00 bits per heavy atom. The lowest BCUT2D eigenvalue weighted by atomic mass is 10.1. The number of hydrogen-bond donors (Lipinski definition) is 1. The number of carbonyl (C=O) groups is 1. The van der Waals surface area contributed by atoms with Crippen molar-refractivity contribution in [3.05, 3.63) is 72.3 Å². The summed E-state index contributed by atoms with van der Waals surface area (Å²) < 4.78 is 10.8. The number of ether oxygens (including phenoxy) is 2. The lowest BCUT2D eigenvalue weighted by molar-refractivity contribution is -0.112. The zero-order valence-corrected chi connectivity index (χ0v) is 13.9. The molecule has 0 aromatic heterocycles. The van der Waals surface area contributed by atoms with Gasteiger partial charge in [-0.05, 0) is 35.9 Å². The molecule has 0 spiro atoms. The van der Waals surface area contributed by atoms with Crippen LogP contribution in [0.5, 0.6) is 11.5 Å². The van der Waals surface area contributed by atoms with Crippen LogP contribution < -0.4 is 14.8 Å². The van der Waals surface area contributed by atoms with Gasteiger partial charge in [0.15, 0.2) is 11.5 Å². The Balaban J connectivity index is 2.22. The van der Waals surface area contributed by atoms with Crippen molar-refractivity contribution >= 4 is 17.7 Å². The monoisotopic (exact) mass is 334 g/mol. The topological polar surface area (TPSA) is 71.3 Å². The van der Waals surface area contributed by atoms with Crippen LogP contribution in [0.2, 0.25) is 0 Å². The maximum absolute atomic E-state index is 12.2. The quantitative estimate of drug-likeness (QED) is 0.475. The summed E-state index contributed by atoms with van der Waals surface area (Å²) in [6.07, 6.45) is 3.13. The van der Waals surface area contributed by atoms with E-state index in [4.69, 9.17) is 9.47 Å². The molecule has 1 amide bonds. The summed E-state index contributed by atoms with van der Waals surface area (Å²) in [6, 6.07) is 16.0. The van der Waals surface area contributed by atoms with Gasteiger partial charge < -0.3 is 14.8 Å². The molecule has 0 bridgehead atoms.